The Morgan fingerprint density at radius 2 is 2.00 bits per heavy atom. The van der Waals surface area contributed by atoms with Gasteiger partial charge in [0.1, 0.15) is 0 Å². The van der Waals surface area contributed by atoms with Gasteiger partial charge in [0, 0.05) is 0 Å². The van der Waals surface area contributed by atoms with E-state index in [0.717, 1.165) is 5.38 Å². The minimum Gasteiger partial charge on any atom is -0.498 e. The Balaban J connectivity index is 0. The van der Waals surface area contributed by atoms with Gasteiger partial charge in [-0.25, -0.2) is 0 Å². The third kappa shape index (κ3) is 11.0. The molecule has 0 N–H and O–H groups in total. The summed E-state index contributed by atoms with van der Waals surface area (Å²) in [5.74, 6) is 0.327. The van der Waals surface area contributed by atoms with Crippen LogP contribution >= 0.6 is 11.8 Å². The van der Waals surface area contributed by atoms with Crippen molar-refractivity contribution in [2.75, 3.05) is 17.7 Å². The number of hydrogen-bond acceptors (Lipinski definition) is 3. The molecule has 0 fully saturated rings. The number of hydrogen-bond donors (Lipinski definition) is 0. The molecular weight excluding hydrogens is 455 g/mol. The summed E-state index contributed by atoms with van der Waals surface area (Å²) < 4.78 is 4.70. The third-order valence-electron chi connectivity index (χ3n) is 1.02. The maximum atomic E-state index is 10.9. The summed E-state index contributed by atoms with van der Waals surface area (Å²) in [5.41, 5.74) is 0. The first-order valence-corrected chi connectivity index (χ1v) is 8.84. The summed E-state index contributed by atoms with van der Waals surface area (Å²) in [7, 11) is -1.01. The van der Waals surface area contributed by atoms with Gasteiger partial charge in [0.2, 0.25) is 0 Å². The third-order valence-corrected chi connectivity index (χ3v) is 5.74. The second kappa shape index (κ2) is 6.54. The van der Waals surface area contributed by atoms with E-state index in [1.807, 2.05) is 0 Å². The Morgan fingerprint density at radius 1 is 1.46 bits per heavy atom. The second-order valence-electron chi connectivity index (χ2n) is 3.77. The van der Waals surface area contributed by atoms with Crippen molar-refractivity contribution < 1.29 is 9.53 Å². The van der Waals surface area contributed by atoms with E-state index in [1.54, 1.807) is 11.8 Å². The van der Waals surface area contributed by atoms with Crippen molar-refractivity contribution in [2.24, 2.45) is 0 Å². The molecule has 0 bridgehead atoms. The first kappa shape index (κ1) is 14.6. The van der Waals surface area contributed by atoms with Gasteiger partial charge >= 0.3 is 5.97 Å². The van der Waals surface area contributed by atoms with Crippen LogP contribution in [0.25, 0.3) is 0 Å². The molecule has 0 heterocycles. The van der Waals surface area contributed by atoms with Crippen molar-refractivity contribution in [2.45, 2.75) is 19.6 Å². The van der Waals surface area contributed by atoms with Gasteiger partial charge in [-0.2, -0.15) is 11.8 Å². The SMILES string of the molecule is [CH2-]COC(=O)CSC[Si](C)(C)C.[Rf]. The molecule has 74 valence electrons. The molecule has 0 aromatic carbocycles. The van der Waals surface area contributed by atoms with Gasteiger partial charge in [-0.05, 0) is 12.0 Å². The Hall–Kier alpha value is -0.963. The normalized spacial score (nSPS) is 10.5. The van der Waals surface area contributed by atoms with Crippen molar-refractivity contribution in [3.63, 3.8) is 0 Å². The first-order valence-electron chi connectivity index (χ1n) is 3.98. The van der Waals surface area contributed by atoms with Crippen LogP contribution in [0, 0.1) is 6.92 Å². The van der Waals surface area contributed by atoms with Crippen LogP contribution in [-0.2, 0) is 9.53 Å². The fraction of sp³-hybridized carbons (Fsp3) is 0.750. The molecule has 0 atom stereocenters. The van der Waals surface area contributed by atoms with Gasteiger partial charge in [0.25, 0.3) is 0 Å². The summed E-state index contributed by atoms with van der Waals surface area (Å²) in [6.07, 6.45) is 0. The largest absolute Gasteiger partial charge is 0.498 e. The molecule has 0 saturated heterocycles. The van der Waals surface area contributed by atoms with Crippen LogP contribution in [0.4, 0.5) is 0 Å². The average Bonchev–Trinajstić information content (AvgIpc) is 1.84. The molecule has 0 aromatic rings. The molecule has 0 saturated carbocycles. The molecular formula is C8H17O2RfSSi-. The van der Waals surface area contributed by atoms with E-state index >= 15 is 0 Å². The standard InChI is InChI=1S/C8H17O2SSi.Rf/c1-5-10-8(9)6-11-7-12(2,3)4;/h1,5-7H2,2-4H3;/q-1;. The predicted molar refractivity (Wildman–Crippen MR) is 57.0 cm³/mol. The fourth-order valence-corrected chi connectivity index (χ4v) is 3.70. The van der Waals surface area contributed by atoms with E-state index in [2.05, 4.69) is 26.6 Å². The summed E-state index contributed by atoms with van der Waals surface area (Å²) in [4.78, 5) is 10.9. The van der Waals surface area contributed by atoms with Crippen LogP contribution in [-0.4, -0.2) is 31.8 Å². The Morgan fingerprint density at radius 3 is 2.38 bits per heavy atom. The van der Waals surface area contributed by atoms with Crippen LogP contribution in [0.1, 0.15) is 0 Å². The minimum absolute atomic E-state index is 0. The van der Waals surface area contributed by atoms with Crippen molar-refractivity contribution in [1.29, 1.82) is 0 Å². The van der Waals surface area contributed by atoms with Gasteiger partial charge in [-0.1, -0.05) is 19.6 Å². The molecule has 13 heavy (non-hydrogen) atoms. The summed E-state index contributed by atoms with van der Waals surface area (Å²) in [6, 6.07) is 0. The van der Waals surface area contributed by atoms with E-state index < -0.39 is 8.07 Å². The molecule has 0 spiro atoms. The number of carbonyl (C=O) groups excluding carboxylic acids is 1. The number of carbonyl (C=O) groups is 1. The van der Waals surface area contributed by atoms with E-state index in [4.69, 9.17) is 4.74 Å². The molecule has 5 heteroatoms. The zero-order chi connectivity index (χ0) is 9.61. The molecule has 0 amide bonds. The van der Waals surface area contributed by atoms with Crippen LogP contribution in [0.15, 0.2) is 0 Å². The number of thioether (sulfide) groups is 1. The van der Waals surface area contributed by atoms with Crippen LogP contribution in [0.3, 0.4) is 0 Å². The molecule has 0 radical (unpaired) electrons. The molecule has 0 aliphatic rings. The van der Waals surface area contributed by atoms with Gasteiger partial charge < -0.3 is 11.7 Å². The van der Waals surface area contributed by atoms with Crippen molar-refractivity contribution in [1.82, 2.24) is 0 Å². The second-order valence-corrected chi connectivity index (χ2v) is 10.7. The summed E-state index contributed by atoms with van der Waals surface area (Å²) in [6.45, 7) is 10.5. The Bertz CT molecular complexity index is 148. The number of ether oxygens (including phenoxy) is 1. The van der Waals surface area contributed by atoms with Crippen LogP contribution in [0.2, 0.25) is 19.6 Å². The van der Waals surface area contributed by atoms with Crippen molar-refractivity contribution in [3.8, 4) is 0 Å². The molecule has 0 aliphatic heterocycles. The topological polar surface area (TPSA) is 26.3 Å². The smallest absolute Gasteiger partial charge is 0.313 e. The van der Waals surface area contributed by atoms with Gasteiger partial charge in [-0.15, -0.1) is 0 Å². The van der Waals surface area contributed by atoms with E-state index in [0.29, 0.717) is 5.75 Å². The van der Waals surface area contributed by atoms with E-state index in [-0.39, 0.29) is 12.6 Å². The quantitative estimate of drug-likeness (QED) is 0.348. The molecule has 0 rings (SSSR count). The predicted octanol–water partition coefficient (Wildman–Crippen LogP) is 1.97. The number of esters is 1. The minimum atomic E-state index is -1.01. The monoisotopic (exact) mass is 472 g/mol. The van der Waals surface area contributed by atoms with Crippen LogP contribution in [0.5, 0.6) is 0 Å². The van der Waals surface area contributed by atoms with Gasteiger partial charge in [0.15, 0.2) is 0 Å². The van der Waals surface area contributed by atoms with Crippen LogP contribution < -0.4 is 0 Å². The zero-order valence-corrected chi connectivity index (χ0v) is 17.0. The van der Waals surface area contributed by atoms with E-state index in [1.165, 1.54) is 0 Å². The Kier molecular flexibility index (Phi) is 7.32. The van der Waals surface area contributed by atoms with Crippen molar-refractivity contribution in [3.05, 3.63) is 6.92 Å². The summed E-state index contributed by atoms with van der Waals surface area (Å²) >= 11 is 1.67. The first-order chi connectivity index (χ1) is 5.45. The zero-order valence-electron chi connectivity index (χ0n) is 8.76. The maximum absolute atomic E-state index is 10.9. The fourth-order valence-electron chi connectivity index (χ4n) is 0.596. The molecule has 0 aliphatic carbocycles. The average molecular weight is 472 g/mol. The van der Waals surface area contributed by atoms with Gasteiger partial charge in [0.05, 0.1) is 13.8 Å². The van der Waals surface area contributed by atoms with Gasteiger partial charge in [-0.3, -0.25) is 4.79 Å². The number of rotatable bonds is 5. The van der Waals surface area contributed by atoms with E-state index in [9.17, 15) is 4.79 Å². The summed E-state index contributed by atoms with van der Waals surface area (Å²) in [5, 5.41) is 1.11. The molecule has 2 nitrogen and oxygen atoms in total. The van der Waals surface area contributed by atoms with Crippen molar-refractivity contribution >= 4 is 25.8 Å². The maximum Gasteiger partial charge on any atom is 0.313 e. The Labute approximate surface area is 80.1 Å². The molecule has 0 aromatic heterocycles. The molecule has 0 unspecified atom stereocenters.